The number of ether oxygens (including phenoxy) is 3. The smallest absolute Gasteiger partial charge is 0.306 e. The summed E-state index contributed by atoms with van der Waals surface area (Å²) in [6.07, 6.45) is 72.4. The predicted octanol–water partition coefficient (Wildman–Crippen LogP) is 19.7. The maximum Gasteiger partial charge on any atom is 0.306 e. The molecule has 5 nitrogen and oxygen atoms in total. The lowest BCUT2D eigenvalue weighted by Crippen LogP contribution is -2.30. The van der Waals surface area contributed by atoms with Crippen LogP contribution in [0.25, 0.3) is 0 Å². The first-order chi connectivity index (χ1) is 32.6. The molecule has 384 valence electrons. The van der Waals surface area contributed by atoms with Gasteiger partial charge < -0.3 is 14.2 Å². The van der Waals surface area contributed by atoms with Crippen LogP contribution in [0.3, 0.4) is 0 Å². The second-order valence-electron chi connectivity index (χ2n) is 19.2. The van der Waals surface area contributed by atoms with Gasteiger partial charge in [-0.25, -0.2) is 0 Å². The van der Waals surface area contributed by atoms with Gasteiger partial charge in [0, 0.05) is 19.4 Å². The summed E-state index contributed by atoms with van der Waals surface area (Å²) in [5, 5.41) is 0. The molecule has 0 aromatic rings. The Morgan fingerprint density at radius 1 is 0.348 bits per heavy atom. The van der Waals surface area contributed by atoms with Crippen LogP contribution in [0.5, 0.6) is 0 Å². The van der Waals surface area contributed by atoms with Gasteiger partial charge in [-0.1, -0.05) is 255 Å². The van der Waals surface area contributed by atoms with Crippen LogP contribution in [0, 0.1) is 0 Å². The molecule has 0 aliphatic rings. The largest absolute Gasteiger partial charge is 0.462 e. The monoisotopic (exact) mass is 923 g/mol. The van der Waals surface area contributed by atoms with E-state index in [1.807, 2.05) is 0 Å². The fourth-order valence-corrected chi connectivity index (χ4v) is 8.26. The normalized spacial score (nSPS) is 12.6. The van der Waals surface area contributed by atoms with Crippen molar-refractivity contribution >= 4 is 11.9 Å². The van der Waals surface area contributed by atoms with E-state index in [9.17, 15) is 9.59 Å². The van der Waals surface area contributed by atoms with E-state index in [-0.39, 0.29) is 25.2 Å². The van der Waals surface area contributed by atoms with E-state index in [1.165, 1.54) is 180 Å². The van der Waals surface area contributed by atoms with Gasteiger partial charge in [0.1, 0.15) is 6.61 Å². The van der Waals surface area contributed by atoms with Crippen molar-refractivity contribution in [2.75, 3.05) is 19.8 Å². The zero-order valence-electron chi connectivity index (χ0n) is 44.2. The SMILES string of the molecule is CC/C=C\C/C=C\C/C=C\C/C=C\CCCCCCCCCOCC(COC(=O)CCCCCCC/C=C\CCCCCCCC)OC(=O)CCCCCCCCCCCCCCCCC. The highest BCUT2D eigenvalue weighted by Gasteiger charge is 2.17. The molecule has 0 saturated carbocycles. The number of hydrogen-bond donors (Lipinski definition) is 0. The summed E-state index contributed by atoms with van der Waals surface area (Å²) in [5.41, 5.74) is 0. The van der Waals surface area contributed by atoms with E-state index < -0.39 is 6.10 Å². The van der Waals surface area contributed by atoms with Crippen LogP contribution >= 0.6 is 0 Å². The quantitative estimate of drug-likeness (QED) is 0.0346. The summed E-state index contributed by atoms with van der Waals surface area (Å²) >= 11 is 0. The molecule has 0 fully saturated rings. The lowest BCUT2D eigenvalue weighted by molar-refractivity contribution is -0.163. The third kappa shape index (κ3) is 54.2. The predicted molar refractivity (Wildman–Crippen MR) is 288 cm³/mol. The standard InChI is InChI=1S/C61H110O5/c1-4-7-10-13-16-19-22-25-28-29-30-31-32-35-38-41-44-47-50-53-56-64-57-59(66-61(63)55-52-49-46-43-40-37-34-27-24-21-18-15-12-9-6-3)58-65-60(62)54-51-48-45-42-39-36-33-26-23-20-17-14-11-8-5-2/h7,10,16,19,25-26,28,30-31,33,59H,4-6,8-9,11-15,17-18,20-24,27,29,32,34-58H2,1-3H3/b10-7-,19-16-,28-25-,31-30-,33-26-. The summed E-state index contributed by atoms with van der Waals surface area (Å²) < 4.78 is 17.5. The van der Waals surface area contributed by atoms with Crippen LogP contribution in [0.2, 0.25) is 0 Å². The van der Waals surface area contributed by atoms with Crippen molar-refractivity contribution in [3.05, 3.63) is 60.8 Å². The van der Waals surface area contributed by atoms with Gasteiger partial charge in [-0.15, -0.1) is 0 Å². The number of hydrogen-bond acceptors (Lipinski definition) is 5. The Morgan fingerprint density at radius 3 is 1.11 bits per heavy atom. The van der Waals surface area contributed by atoms with E-state index in [2.05, 4.69) is 81.5 Å². The van der Waals surface area contributed by atoms with Crippen molar-refractivity contribution in [3.63, 3.8) is 0 Å². The summed E-state index contributed by atoms with van der Waals surface area (Å²) in [6.45, 7) is 7.72. The Bertz CT molecular complexity index is 1130. The summed E-state index contributed by atoms with van der Waals surface area (Å²) in [5.74, 6) is -0.400. The molecule has 0 aliphatic heterocycles. The number of carbonyl (C=O) groups excluding carboxylic acids is 2. The Morgan fingerprint density at radius 2 is 0.682 bits per heavy atom. The Hall–Kier alpha value is -2.40. The van der Waals surface area contributed by atoms with E-state index in [4.69, 9.17) is 14.2 Å². The minimum absolute atomic E-state index is 0.0788. The molecule has 5 heteroatoms. The number of esters is 2. The van der Waals surface area contributed by atoms with Gasteiger partial charge in [0.05, 0.1) is 6.61 Å². The molecular weight excluding hydrogens is 813 g/mol. The van der Waals surface area contributed by atoms with Crippen LogP contribution < -0.4 is 0 Å². The molecule has 0 saturated heterocycles. The molecule has 66 heavy (non-hydrogen) atoms. The lowest BCUT2D eigenvalue weighted by atomic mass is 10.0. The van der Waals surface area contributed by atoms with E-state index >= 15 is 0 Å². The molecule has 0 spiro atoms. The lowest BCUT2D eigenvalue weighted by Gasteiger charge is -2.18. The van der Waals surface area contributed by atoms with Gasteiger partial charge in [-0.3, -0.25) is 9.59 Å². The number of carbonyl (C=O) groups is 2. The topological polar surface area (TPSA) is 61.8 Å². The van der Waals surface area contributed by atoms with E-state index in [1.54, 1.807) is 0 Å². The first-order valence-corrected chi connectivity index (χ1v) is 28.8. The summed E-state index contributed by atoms with van der Waals surface area (Å²) in [4.78, 5) is 25.5. The van der Waals surface area contributed by atoms with Crippen LogP contribution in [0.15, 0.2) is 60.8 Å². The van der Waals surface area contributed by atoms with Crippen molar-refractivity contribution < 1.29 is 23.8 Å². The van der Waals surface area contributed by atoms with Gasteiger partial charge in [0.25, 0.3) is 0 Å². The minimum Gasteiger partial charge on any atom is -0.462 e. The van der Waals surface area contributed by atoms with Gasteiger partial charge in [0.15, 0.2) is 6.10 Å². The van der Waals surface area contributed by atoms with Gasteiger partial charge >= 0.3 is 11.9 Å². The summed E-state index contributed by atoms with van der Waals surface area (Å²) in [7, 11) is 0. The average Bonchev–Trinajstić information content (AvgIpc) is 3.32. The van der Waals surface area contributed by atoms with Crippen LogP contribution in [-0.4, -0.2) is 37.9 Å². The molecule has 1 unspecified atom stereocenters. The highest BCUT2D eigenvalue weighted by Crippen LogP contribution is 2.16. The van der Waals surface area contributed by atoms with Crippen molar-refractivity contribution in [1.29, 1.82) is 0 Å². The summed E-state index contributed by atoms with van der Waals surface area (Å²) in [6, 6.07) is 0. The van der Waals surface area contributed by atoms with Crippen molar-refractivity contribution in [2.24, 2.45) is 0 Å². The number of rotatable bonds is 53. The third-order valence-electron chi connectivity index (χ3n) is 12.5. The fraction of sp³-hybridized carbons (Fsp3) is 0.803. The third-order valence-corrected chi connectivity index (χ3v) is 12.5. The zero-order valence-corrected chi connectivity index (χ0v) is 44.2. The first kappa shape index (κ1) is 63.6. The molecule has 0 aliphatic carbocycles. The molecule has 0 aromatic heterocycles. The van der Waals surface area contributed by atoms with Gasteiger partial charge in [0.2, 0.25) is 0 Å². The molecule has 0 radical (unpaired) electrons. The van der Waals surface area contributed by atoms with Crippen LogP contribution in [0.4, 0.5) is 0 Å². The van der Waals surface area contributed by atoms with Crippen molar-refractivity contribution in [3.8, 4) is 0 Å². The number of unbranched alkanes of at least 4 members (excludes halogenated alkanes) is 32. The Balaban J connectivity index is 4.28. The Kier molecular flexibility index (Phi) is 54.9. The minimum atomic E-state index is -0.544. The molecule has 1 atom stereocenters. The van der Waals surface area contributed by atoms with Crippen LogP contribution in [0.1, 0.15) is 290 Å². The highest BCUT2D eigenvalue weighted by molar-refractivity contribution is 5.70. The molecule has 0 aromatic carbocycles. The fourth-order valence-electron chi connectivity index (χ4n) is 8.26. The maximum absolute atomic E-state index is 12.9. The maximum atomic E-state index is 12.9. The molecule has 0 N–H and O–H groups in total. The van der Waals surface area contributed by atoms with E-state index in [0.29, 0.717) is 19.4 Å². The van der Waals surface area contributed by atoms with Gasteiger partial charge in [-0.05, 0) is 83.5 Å². The number of allylic oxidation sites excluding steroid dienone is 10. The second kappa shape index (κ2) is 56.9. The highest BCUT2D eigenvalue weighted by atomic mass is 16.6. The second-order valence-corrected chi connectivity index (χ2v) is 19.2. The van der Waals surface area contributed by atoms with Crippen molar-refractivity contribution in [1.82, 2.24) is 0 Å². The van der Waals surface area contributed by atoms with Crippen LogP contribution in [-0.2, 0) is 23.8 Å². The van der Waals surface area contributed by atoms with Gasteiger partial charge in [-0.2, -0.15) is 0 Å². The first-order valence-electron chi connectivity index (χ1n) is 28.8. The van der Waals surface area contributed by atoms with E-state index in [0.717, 1.165) is 77.0 Å². The molecule has 0 amide bonds. The Labute approximate surface area is 411 Å². The zero-order chi connectivity index (χ0) is 47.7. The average molecular weight is 924 g/mol. The molecule has 0 rings (SSSR count). The molecule has 0 heterocycles. The van der Waals surface area contributed by atoms with Crippen molar-refractivity contribution in [2.45, 2.75) is 297 Å². The molecular formula is C61H110O5. The molecule has 0 bridgehead atoms.